The smallest absolute Gasteiger partial charge is 0.274 e. The molecule has 1 atom stereocenters. The predicted octanol–water partition coefficient (Wildman–Crippen LogP) is 4.66. The Morgan fingerprint density at radius 1 is 0.964 bits per heavy atom. The summed E-state index contributed by atoms with van der Waals surface area (Å²) >= 11 is 1.49. The first-order chi connectivity index (χ1) is 13.4. The molecule has 0 fully saturated rings. The van der Waals surface area contributed by atoms with Gasteiger partial charge in [-0.25, -0.2) is 4.98 Å². The minimum absolute atomic E-state index is 0.116. The van der Waals surface area contributed by atoms with Crippen molar-refractivity contribution in [1.29, 1.82) is 0 Å². The van der Waals surface area contributed by atoms with Crippen LogP contribution in [-0.2, 0) is 4.79 Å². The van der Waals surface area contributed by atoms with Crippen LogP contribution in [0.3, 0.4) is 0 Å². The van der Waals surface area contributed by atoms with Gasteiger partial charge in [0.2, 0.25) is 5.91 Å². The van der Waals surface area contributed by atoms with Crippen molar-refractivity contribution in [2.45, 2.75) is 32.6 Å². The van der Waals surface area contributed by atoms with Crippen LogP contribution in [0.15, 0.2) is 54.9 Å². The summed E-state index contributed by atoms with van der Waals surface area (Å²) in [6.07, 6.45) is 3.37. The number of amides is 2. The highest BCUT2D eigenvalue weighted by atomic mass is 32.1. The number of hydrogen-bond acceptors (Lipinski definition) is 5. The molecule has 2 heterocycles. The predicted molar refractivity (Wildman–Crippen MR) is 112 cm³/mol. The molecule has 7 heteroatoms. The maximum Gasteiger partial charge on any atom is 0.274 e. The Hall–Kier alpha value is -3.06. The number of thiazole rings is 1. The van der Waals surface area contributed by atoms with Gasteiger partial charge < -0.3 is 10.6 Å². The van der Waals surface area contributed by atoms with E-state index in [4.69, 9.17) is 0 Å². The molecule has 1 aromatic carbocycles. The van der Waals surface area contributed by atoms with Crippen molar-refractivity contribution >= 4 is 34.0 Å². The molecule has 0 unspecified atom stereocenters. The van der Waals surface area contributed by atoms with E-state index in [1.54, 1.807) is 42.7 Å². The fourth-order valence-corrected chi connectivity index (χ4v) is 3.35. The van der Waals surface area contributed by atoms with E-state index in [9.17, 15) is 9.59 Å². The minimum atomic E-state index is -0.341. The first-order valence-electron chi connectivity index (χ1n) is 9.03. The third kappa shape index (κ3) is 4.80. The summed E-state index contributed by atoms with van der Waals surface area (Å²) < 4.78 is 0. The molecule has 0 saturated heterocycles. The molecule has 0 aliphatic carbocycles. The van der Waals surface area contributed by atoms with Crippen molar-refractivity contribution in [2.24, 2.45) is 0 Å². The SMILES string of the molecule is CC(C)c1cnc(NC(=O)[C@H](C)c2ccc(NC(=O)c3ccccn3)cc2)s1. The zero-order valence-electron chi connectivity index (χ0n) is 16.0. The Balaban J connectivity index is 1.61. The molecular weight excluding hydrogens is 372 g/mol. The first kappa shape index (κ1) is 19.7. The lowest BCUT2D eigenvalue weighted by Gasteiger charge is -2.12. The number of rotatable bonds is 6. The average molecular weight is 395 g/mol. The molecule has 28 heavy (non-hydrogen) atoms. The molecule has 3 aromatic rings. The Morgan fingerprint density at radius 2 is 1.71 bits per heavy atom. The van der Waals surface area contributed by atoms with Crippen LogP contribution < -0.4 is 10.6 Å². The molecule has 6 nitrogen and oxygen atoms in total. The third-order valence-corrected chi connectivity index (χ3v) is 5.50. The molecule has 144 valence electrons. The van der Waals surface area contributed by atoms with Gasteiger partial charge in [0.15, 0.2) is 5.13 Å². The van der Waals surface area contributed by atoms with Crippen molar-refractivity contribution in [2.75, 3.05) is 10.6 Å². The van der Waals surface area contributed by atoms with E-state index >= 15 is 0 Å². The van der Waals surface area contributed by atoms with Crippen LogP contribution in [0.4, 0.5) is 10.8 Å². The van der Waals surface area contributed by atoms with Crippen molar-refractivity contribution in [3.63, 3.8) is 0 Å². The second-order valence-electron chi connectivity index (χ2n) is 6.72. The van der Waals surface area contributed by atoms with E-state index in [0.29, 0.717) is 22.4 Å². The quantitative estimate of drug-likeness (QED) is 0.637. The van der Waals surface area contributed by atoms with Crippen molar-refractivity contribution in [1.82, 2.24) is 9.97 Å². The summed E-state index contributed by atoms with van der Waals surface area (Å²) in [5.74, 6) is -0.347. The highest BCUT2D eigenvalue weighted by Gasteiger charge is 2.17. The standard InChI is InChI=1S/C21H22N4O2S/c1-13(2)18-12-23-21(28-18)25-19(26)14(3)15-7-9-16(10-8-15)24-20(27)17-6-4-5-11-22-17/h4-14H,1-3H3,(H,24,27)(H,23,25,26)/t14-/m1/s1. The number of aromatic nitrogens is 2. The highest BCUT2D eigenvalue weighted by Crippen LogP contribution is 2.26. The van der Waals surface area contributed by atoms with Gasteiger partial charge >= 0.3 is 0 Å². The molecule has 0 aliphatic rings. The van der Waals surface area contributed by atoms with Gasteiger partial charge in [-0.3, -0.25) is 14.6 Å². The van der Waals surface area contributed by atoms with Gasteiger partial charge in [0.25, 0.3) is 5.91 Å². The van der Waals surface area contributed by atoms with Crippen LogP contribution in [0.25, 0.3) is 0 Å². The van der Waals surface area contributed by atoms with Crippen LogP contribution in [-0.4, -0.2) is 21.8 Å². The largest absolute Gasteiger partial charge is 0.321 e. The number of benzene rings is 1. The molecule has 2 amide bonds. The molecule has 2 aromatic heterocycles. The van der Waals surface area contributed by atoms with Crippen LogP contribution in [0.1, 0.15) is 53.5 Å². The Bertz CT molecular complexity index is 952. The van der Waals surface area contributed by atoms with Gasteiger partial charge in [-0.1, -0.05) is 32.0 Å². The Kier molecular flexibility index (Phi) is 6.16. The van der Waals surface area contributed by atoms with Gasteiger partial charge in [0.1, 0.15) is 5.69 Å². The van der Waals surface area contributed by atoms with Gasteiger partial charge in [-0.05, 0) is 42.7 Å². The zero-order chi connectivity index (χ0) is 20.1. The maximum absolute atomic E-state index is 12.5. The average Bonchev–Trinajstić information content (AvgIpc) is 3.17. The van der Waals surface area contributed by atoms with Gasteiger partial charge in [0, 0.05) is 23.0 Å². The van der Waals surface area contributed by atoms with Gasteiger partial charge in [-0.15, -0.1) is 11.3 Å². The topological polar surface area (TPSA) is 84.0 Å². The van der Waals surface area contributed by atoms with Crippen LogP contribution in [0.5, 0.6) is 0 Å². The van der Waals surface area contributed by atoms with E-state index in [0.717, 1.165) is 10.4 Å². The minimum Gasteiger partial charge on any atom is -0.321 e. The van der Waals surface area contributed by atoms with Crippen LogP contribution in [0, 0.1) is 0 Å². The summed E-state index contributed by atoms with van der Waals surface area (Å²) in [5, 5.41) is 6.28. The molecule has 0 saturated carbocycles. The highest BCUT2D eigenvalue weighted by molar-refractivity contribution is 7.15. The van der Waals surface area contributed by atoms with Crippen molar-refractivity contribution < 1.29 is 9.59 Å². The number of nitrogens with one attached hydrogen (secondary N) is 2. The number of nitrogens with zero attached hydrogens (tertiary/aromatic N) is 2. The normalized spacial score (nSPS) is 11.9. The fraction of sp³-hybridized carbons (Fsp3) is 0.238. The summed E-state index contributed by atoms with van der Waals surface area (Å²) in [4.78, 5) is 34.1. The lowest BCUT2D eigenvalue weighted by atomic mass is 10.00. The van der Waals surface area contributed by atoms with Crippen LogP contribution >= 0.6 is 11.3 Å². The summed E-state index contributed by atoms with van der Waals surface area (Å²) in [7, 11) is 0. The molecule has 0 aliphatic heterocycles. The second-order valence-corrected chi connectivity index (χ2v) is 7.79. The first-order valence-corrected chi connectivity index (χ1v) is 9.84. The number of anilines is 2. The summed E-state index contributed by atoms with van der Waals surface area (Å²) in [6.45, 7) is 6.03. The summed E-state index contributed by atoms with van der Waals surface area (Å²) in [5.41, 5.74) is 1.85. The molecule has 0 radical (unpaired) electrons. The number of pyridine rings is 1. The maximum atomic E-state index is 12.5. The van der Waals surface area contributed by atoms with Gasteiger partial charge in [-0.2, -0.15) is 0 Å². The third-order valence-electron chi connectivity index (χ3n) is 4.28. The second kappa shape index (κ2) is 8.75. The van der Waals surface area contributed by atoms with E-state index in [1.165, 1.54) is 11.3 Å². The summed E-state index contributed by atoms with van der Waals surface area (Å²) in [6, 6.07) is 12.4. The molecule has 2 N–H and O–H groups in total. The molecule has 0 spiro atoms. The molecule has 0 bridgehead atoms. The van der Waals surface area contributed by atoms with Gasteiger partial charge in [0.05, 0.1) is 5.92 Å². The van der Waals surface area contributed by atoms with E-state index in [-0.39, 0.29) is 17.7 Å². The monoisotopic (exact) mass is 394 g/mol. The van der Waals surface area contributed by atoms with E-state index in [2.05, 4.69) is 34.4 Å². The van der Waals surface area contributed by atoms with E-state index in [1.807, 2.05) is 19.1 Å². The van der Waals surface area contributed by atoms with E-state index < -0.39 is 0 Å². The lowest BCUT2D eigenvalue weighted by Crippen LogP contribution is -2.19. The number of hydrogen-bond donors (Lipinski definition) is 2. The molecular formula is C21H22N4O2S. The number of carbonyl (C=O) groups excluding carboxylic acids is 2. The Labute approximate surface area is 168 Å². The lowest BCUT2D eigenvalue weighted by molar-refractivity contribution is -0.117. The van der Waals surface area contributed by atoms with Crippen molar-refractivity contribution in [3.05, 3.63) is 71.0 Å². The number of carbonyl (C=O) groups is 2. The zero-order valence-corrected chi connectivity index (χ0v) is 16.8. The fourth-order valence-electron chi connectivity index (χ4n) is 2.52. The molecule has 3 rings (SSSR count). The van der Waals surface area contributed by atoms with Crippen molar-refractivity contribution in [3.8, 4) is 0 Å². The Morgan fingerprint density at radius 3 is 2.32 bits per heavy atom. The van der Waals surface area contributed by atoms with Crippen LogP contribution in [0.2, 0.25) is 0 Å².